The summed E-state index contributed by atoms with van der Waals surface area (Å²) in [6, 6.07) is 7.32. The fraction of sp³-hybridized carbons (Fsp3) is 0.556. The molecule has 2 aromatic rings. The third-order valence-electron chi connectivity index (χ3n) is 4.69. The molecule has 1 aromatic heterocycles. The van der Waals surface area contributed by atoms with E-state index < -0.39 is 0 Å². The summed E-state index contributed by atoms with van der Waals surface area (Å²) in [6.07, 6.45) is 5.05. The second-order valence-corrected chi connectivity index (χ2v) is 6.37. The Balaban J connectivity index is 1.93. The summed E-state index contributed by atoms with van der Waals surface area (Å²) in [5.74, 6) is 1.96. The van der Waals surface area contributed by atoms with Crippen LogP contribution in [0, 0.1) is 17.7 Å². The maximum atomic E-state index is 13.8. The molecule has 21 heavy (non-hydrogen) atoms. The minimum absolute atomic E-state index is 0.199. The lowest BCUT2D eigenvalue weighted by molar-refractivity contribution is 0.209. The first kappa shape index (κ1) is 14.6. The van der Waals surface area contributed by atoms with Gasteiger partial charge in [-0.05, 0) is 43.4 Å². The summed E-state index contributed by atoms with van der Waals surface area (Å²) in [6.45, 7) is 5.34. The normalized spacial score (nSPS) is 24.3. The van der Waals surface area contributed by atoms with Crippen LogP contribution in [0.5, 0.6) is 0 Å². The van der Waals surface area contributed by atoms with Crippen LogP contribution in [0.4, 0.5) is 4.39 Å². The summed E-state index contributed by atoms with van der Waals surface area (Å²) < 4.78 is 19.7. The van der Waals surface area contributed by atoms with Crippen molar-refractivity contribution >= 4 is 11.0 Å². The summed E-state index contributed by atoms with van der Waals surface area (Å²) in [7, 11) is 0. The number of fused-ring (bicyclic) bond motifs is 1. The Bertz CT molecular complexity index is 606. The highest BCUT2D eigenvalue weighted by atomic mass is 19.1. The van der Waals surface area contributed by atoms with Gasteiger partial charge in [0.1, 0.15) is 5.76 Å². The van der Waals surface area contributed by atoms with Gasteiger partial charge in [0.2, 0.25) is 0 Å². The average Bonchev–Trinajstić information content (AvgIpc) is 2.90. The highest BCUT2D eigenvalue weighted by Crippen LogP contribution is 2.38. The largest absolute Gasteiger partial charge is 0.456 e. The van der Waals surface area contributed by atoms with Crippen molar-refractivity contribution in [3.63, 3.8) is 0 Å². The molecule has 0 radical (unpaired) electrons. The van der Waals surface area contributed by atoms with Gasteiger partial charge in [-0.15, -0.1) is 0 Å². The number of para-hydroxylation sites is 1. The lowest BCUT2D eigenvalue weighted by Crippen LogP contribution is -2.30. The predicted octanol–water partition coefficient (Wildman–Crippen LogP) is 5.05. The van der Waals surface area contributed by atoms with E-state index in [9.17, 15) is 4.39 Å². The zero-order valence-corrected chi connectivity index (χ0v) is 12.9. The highest BCUT2D eigenvalue weighted by Gasteiger charge is 2.29. The van der Waals surface area contributed by atoms with Crippen molar-refractivity contribution in [1.29, 1.82) is 0 Å². The molecule has 1 aliphatic carbocycles. The van der Waals surface area contributed by atoms with Gasteiger partial charge < -0.3 is 9.73 Å². The van der Waals surface area contributed by atoms with E-state index in [1.807, 2.05) is 12.1 Å². The highest BCUT2D eigenvalue weighted by molar-refractivity contribution is 5.78. The topological polar surface area (TPSA) is 25.2 Å². The number of benzene rings is 1. The molecule has 0 spiro atoms. The minimum atomic E-state index is -0.272. The average molecular weight is 289 g/mol. The lowest BCUT2D eigenvalue weighted by atomic mass is 9.78. The van der Waals surface area contributed by atoms with Crippen molar-refractivity contribution in [2.75, 3.05) is 6.54 Å². The first-order valence-electron chi connectivity index (χ1n) is 8.10. The molecule has 1 N–H and O–H groups in total. The number of rotatable bonds is 4. The van der Waals surface area contributed by atoms with Gasteiger partial charge in [0.05, 0.1) is 6.04 Å². The van der Waals surface area contributed by atoms with Gasteiger partial charge in [-0.3, -0.25) is 0 Å². The van der Waals surface area contributed by atoms with Crippen LogP contribution in [0.25, 0.3) is 11.0 Å². The number of hydrogen-bond donors (Lipinski definition) is 1. The maximum Gasteiger partial charge on any atom is 0.169 e. The monoisotopic (exact) mass is 289 g/mol. The maximum absolute atomic E-state index is 13.8. The van der Waals surface area contributed by atoms with E-state index in [4.69, 9.17) is 4.42 Å². The van der Waals surface area contributed by atoms with Crippen molar-refractivity contribution < 1.29 is 8.81 Å². The van der Waals surface area contributed by atoms with Gasteiger partial charge in [-0.2, -0.15) is 0 Å². The van der Waals surface area contributed by atoms with Gasteiger partial charge in [0.15, 0.2) is 11.4 Å². The van der Waals surface area contributed by atoms with Crippen molar-refractivity contribution in [1.82, 2.24) is 5.32 Å². The first-order chi connectivity index (χ1) is 10.2. The molecule has 0 bridgehead atoms. The molecule has 3 unspecified atom stereocenters. The fourth-order valence-corrected chi connectivity index (χ4v) is 3.70. The quantitative estimate of drug-likeness (QED) is 0.852. The zero-order chi connectivity index (χ0) is 14.8. The van der Waals surface area contributed by atoms with E-state index >= 15 is 0 Å². The fourth-order valence-electron chi connectivity index (χ4n) is 3.70. The zero-order valence-electron chi connectivity index (χ0n) is 12.9. The van der Waals surface area contributed by atoms with Gasteiger partial charge in [0, 0.05) is 5.39 Å². The lowest BCUT2D eigenvalue weighted by Gasteiger charge is -2.32. The van der Waals surface area contributed by atoms with Crippen molar-refractivity contribution in [2.24, 2.45) is 11.8 Å². The van der Waals surface area contributed by atoms with Crippen LogP contribution in [-0.4, -0.2) is 6.54 Å². The molecule has 1 saturated carbocycles. The van der Waals surface area contributed by atoms with Crippen molar-refractivity contribution in [3.05, 3.63) is 35.8 Å². The predicted molar refractivity (Wildman–Crippen MR) is 83.7 cm³/mol. The molecule has 3 rings (SSSR count). The van der Waals surface area contributed by atoms with E-state index in [-0.39, 0.29) is 11.9 Å². The Kier molecular flexibility index (Phi) is 4.29. The van der Waals surface area contributed by atoms with Crippen LogP contribution >= 0.6 is 0 Å². The van der Waals surface area contributed by atoms with Crippen LogP contribution in [0.2, 0.25) is 0 Å². The standard InChI is InChI=1S/C18H24FNO/c1-3-20-17(13-7-4-6-12(2)10-13)16-11-14-8-5-9-15(19)18(14)21-16/h5,8-9,11-13,17,20H,3-4,6-7,10H2,1-2H3. The van der Waals surface area contributed by atoms with Crippen LogP contribution in [0.1, 0.15) is 51.3 Å². The van der Waals surface area contributed by atoms with E-state index in [1.165, 1.54) is 31.7 Å². The Morgan fingerprint density at radius 3 is 2.95 bits per heavy atom. The number of hydrogen-bond acceptors (Lipinski definition) is 2. The van der Waals surface area contributed by atoms with Gasteiger partial charge in [-0.25, -0.2) is 4.39 Å². The smallest absolute Gasteiger partial charge is 0.169 e. The number of nitrogens with one attached hydrogen (secondary N) is 1. The van der Waals surface area contributed by atoms with Gasteiger partial charge >= 0.3 is 0 Å². The Morgan fingerprint density at radius 1 is 1.38 bits per heavy atom. The van der Waals surface area contributed by atoms with Gasteiger partial charge in [0.25, 0.3) is 0 Å². The summed E-state index contributed by atoms with van der Waals surface area (Å²) in [4.78, 5) is 0. The van der Waals surface area contributed by atoms with Gasteiger partial charge in [-0.1, -0.05) is 38.8 Å². The molecule has 114 valence electrons. The Hall–Kier alpha value is -1.35. The van der Waals surface area contributed by atoms with Crippen molar-refractivity contribution in [2.45, 2.75) is 45.6 Å². The number of halogens is 1. The van der Waals surface area contributed by atoms with E-state index in [2.05, 4.69) is 19.2 Å². The molecular formula is C18H24FNO. The molecule has 0 saturated heterocycles. The molecule has 1 aliphatic rings. The van der Waals surface area contributed by atoms with E-state index in [0.29, 0.717) is 11.5 Å². The molecule has 1 fully saturated rings. The SMILES string of the molecule is CCNC(c1cc2cccc(F)c2o1)C1CCCC(C)C1. The molecule has 1 heterocycles. The molecule has 0 amide bonds. The second-order valence-electron chi connectivity index (χ2n) is 6.37. The van der Waals surface area contributed by atoms with Crippen molar-refractivity contribution in [3.8, 4) is 0 Å². The number of furan rings is 1. The molecule has 1 aromatic carbocycles. The summed E-state index contributed by atoms with van der Waals surface area (Å²) in [5, 5.41) is 4.41. The van der Waals surface area contributed by atoms with Crippen LogP contribution in [0.3, 0.4) is 0 Å². The summed E-state index contributed by atoms with van der Waals surface area (Å²) >= 11 is 0. The summed E-state index contributed by atoms with van der Waals surface area (Å²) in [5.41, 5.74) is 0.388. The van der Waals surface area contributed by atoms with Crippen LogP contribution < -0.4 is 5.32 Å². The molecule has 0 aliphatic heterocycles. The molecule has 2 nitrogen and oxygen atoms in total. The Labute approximate surface area is 125 Å². The molecular weight excluding hydrogens is 265 g/mol. The van der Waals surface area contributed by atoms with E-state index in [0.717, 1.165) is 23.6 Å². The third kappa shape index (κ3) is 2.98. The molecule has 3 heteroatoms. The second kappa shape index (κ2) is 6.18. The first-order valence-corrected chi connectivity index (χ1v) is 8.10. The Morgan fingerprint density at radius 2 is 2.24 bits per heavy atom. The van der Waals surface area contributed by atoms with E-state index in [1.54, 1.807) is 6.07 Å². The molecule has 3 atom stereocenters. The minimum Gasteiger partial charge on any atom is -0.456 e. The van der Waals surface area contributed by atoms with Crippen LogP contribution in [0.15, 0.2) is 28.7 Å². The third-order valence-corrected chi connectivity index (χ3v) is 4.69. The van der Waals surface area contributed by atoms with Crippen LogP contribution in [-0.2, 0) is 0 Å².